The summed E-state index contributed by atoms with van der Waals surface area (Å²) in [5, 5.41) is 0.682. The molecule has 0 saturated carbocycles. The van der Waals surface area contributed by atoms with E-state index in [1.165, 1.54) is 0 Å². The summed E-state index contributed by atoms with van der Waals surface area (Å²) in [6, 6.07) is 15.0. The number of nitrogens with zero attached hydrogens (tertiary/aromatic N) is 1. The molecule has 4 nitrogen and oxygen atoms in total. The molecule has 1 amide bonds. The molecule has 1 heterocycles. The highest BCUT2D eigenvalue weighted by Gasteiger charge is 2.28. The summed E-state index contributed by atoms with van der Waals surface area (Å²) >= 11 is 5.98. The van der Waals surface area contributed by atoms with Crippen molar-refractivity contribution in [3.63, 3.8) is 0 Å². The van der Waals surface area contributed by atoms with Crippen molar-refractivity contribution in [1.82, 2.24) is 4.90 Å². The summed E-state index contributed by atoms with van der Waals surface area (Å²) in [5.74, 6) is 0.695. The molecule has 1 unspecified atom stereocenters. The fraction of sp³-hybridized carbons (Fsp3) is 0.316. The maximum atomic E-state index is 12.7. The van der Waals surface area contributed by atoms with Crippen LogP contribution in [0.15, 0.2) is 48.5 Å². The van der Waals surface area contributed by atoms with Crippen LogP contribution in [-0.4, -0.2) is 29.9 Å². The van der Waals surface area contributed by atoms with Crippen molar-refractivity contribution in [2.24, 2.45) is 5.73 Å². The van der Waals surface area contributed by atoms with E-state index in [4.69, 9.17) is 22.1 Å². The molecule has 1 aliphatic rings. The highest BCUT2D eigenvalue weighted by atomic mass is 35.5. The second-order valence-electron chi connectivity index (χ2n) is 5.98. The minimum absolute atomic E-state index is 0. The summed E-state index contributed by atoms with van der Waals surface area (Å²) in [7, 11) is 0. The molecule has 0 radical (unpaired) electrons. The first-order valence-corrected chi connectivity index (χ1v) is 8.53. The summed E-state index contributed by atoms with van der Waals surface area (Å²) < 4.78 is 5.80. The summed E-state index contributed by atoms with van der Waals surface area (Å²) in [4.78, 5) is 14.6. The molecular weight excluding hydrogens is 359 g/mol. The lowest BCUT2D eigenvalue weighted by molar-refractivity contribution is 0.0740. The quantitative estimate of drug-likeness (QED) is 0.855. The average molecular weight is 381 g/mol. The van der Waals surface area contributed by atoms with Crippen molar-refractivity contribution >= 4 is 29.9 Å². The number of hydrogen-bond acceptors (Lipinski definition) is 3. The van der Waals surface area contributed by atoms with Crippen molar-refractivity contribution in [2.75, 3.05) is 13.1 Å². The third-order valence-electron chi connectivity index (χ3n) is 4.29. The normalized spacial score (nSPS) is 16.4. The number of hydrogen-bond donors (Lipinski definition) is 1. The minimum atomic E-state index is 0. The van der Waals surface area contributed by atoms with Crippen LogP contribution in [-0.2, 0) is 6.61 Å². The molecule has 2 aromatic rings. The van der Waals surface area contributed by atoms with E-state index in [9.17, 15) is 4.79 Å². The molecule has 1 fully saturated rings. The molecule has 0 spiro atoms. The van der Waals surface area contributed by atoms with Gasteiger partial charge >= 0.3 is 0 Å². The van der Waals surface area contributed by atoms with Gasteiger partial charge in [-0.05, 0) is 48.7 Å². The number of rotatable bonds is 5. The first-order chi connectivity index (χ1) is 11.7. The lowest BCUT2D eigenvalue weighted by Crippen LogP contribution is -2.39. The average Bonchev–Trinajstić information content (AvgIpc) is 3.08. The second-order valence-corrected chi connectivity index (χ2v) is 6.41. The largest absolute Gasteiger partial charge is 0.489 e. The van der Waals surface area contributed by atoms with E-state index < -0.39 is 0 Å². The Morgan fingerprint density at radius 3 is 2.80 bits per heavy atom. The molecule has 0 aliphatic carbocycles. The van der Waals surface area contributed by atoms with Crippen LogP contribution in [0.4, 0.5) is 0 Å². The van der Waals surface area contributed by atoms with Gasteiger partial charge in [-0.15, -0.1) is 12.4 Å². The molecule has 1 aliphatic heterocycles. The fourth-order valence-corrected chi connectivity index (χ4v) is 3.24. The maximum absolute atomic E-state index is 12.7. The molecule has 2 aromatic carbocycles. The molecule has 2 N–H and O–H groups in total. The number of carbonyl (C=O) groups excluding carboxylic acids is 1. The predicted molar refractivity (Wildman–Crippen MR) is 103 cm³/mol. The topological polar surface area (TPSA) is 55.6 Å². The molecule has 1 atom stereocenters. The first-order valence-electron chi connectivity index (χ1n) is 8.15. The van der Waals surface area contributed by atoms with Gasteiger partial charge in [-0.2, -0.15) is 0 Å². The Balaban J connectivity index is 0.00000225. The van der Waals surface area contributed by atoms with Gasteiger partial charge in [-0.3, -0.25) is 4.79 Å². The molecule has 1 saturated heterocycles. The lowest BCUT2D eigenvalue weighted by atomic mass is 10.1. The molecule has 134 valence electrons. The molecule has 3 rings (SSSR count). The van der Waals surface area contributed by atoms with Crippen molar-refractivity contribution in [1.29, 1.82) is 0 Å². The summed E-state index contributed by atoms with van der Waals surface area (Å²) in [5.41, 5.74) is 7.39. The molecule has 25 heavy (non-hydrogen) atoms. The Labute approximate surface area is 159 Å². The highest BCUT2D eigenvalue weighted by molar-refractivity contribution is 6.30. The van der Waals surface area contributed by atoms with E-state index in [1.807, 2.05) is 47.4 Å². The highest BCUT2D eigenvalue weighted by Crippen LogP contribution is 2.22. The zero-order valence-electron chi connectivity index (χ0n) is 13.9. The maximum Gasteiger partial charge on any atom is 0.254 e. The van der Waals surface area contributed by atoms with Gasteiger partial charge in [0, 0.05) is 29.7 Å². The van der Waals surface area contributed by atoms with Crippen LogP contribution in [0.25, 0.3) is 0 Å². The number of ether oxygens (including phenoxy) is 1. The van der Waals surface area contributed by atoms with Crippen LogP contribution < -0.4 is 10.5 Å². The van der Waals surface area contributed by atoms with E-state index >= 15 is 0 Å². The van der Waals surface area contributed by atoms with Crippen molar-refractivity contribution in [3.05, 3.63) is 64.7 Å². The summed E-state index contributed by atoms with van der Waals surface area (Å²) in [6.07, 6.45) is 1.99. The monoisotopic (exact) mass is 380 g/mol. The van der Waals surface area contributed by atoms with Crippen molar-refractivity contribution < 1.29 is 9.53 Å². The van der Waals surface area contributed by atoms with Crippen LogP contribution in [0, 0.1) is 0 Å². The first kappa shape index (κ1) is 19.6. The van der Waals surface area contributed by atoms with E-state index in [0.29, 0.717) is 29.5 Å². The van der Waals surface area contributed by atoms with Crippen molar-refractivity contribution in [2.45, 2.75) is 25.5 Å². The Morgan fingerprint density at radius 1 is 1.24 bits per heavy atom. The standard InChI is InChI=1S/C19H21ClN2O2.ClH/c20-16-6-1-4-14(10-16)13-24-18-8-2-5-15(11-18)19(23)22-9-3-7-17(22)12-21;/h1-2,4-6,8,10-11,17H,3,7,9,12-13,21H2;1H. The fourth-order valence-electron chi connectivity index (χ4n) is 3.03. The number of benzene rings is 2. The van der Waals surface area contributed by atoms with Gasteiger partial charge in [0.1, 0.15) is 12.4 Å². The van der Waals surface area contributed by atoms with E-state index in [2.05, 4.69) is 0 Å². The Kier molecular flexibility index (Phi) is 7.12. The van der Waals surface area contributed by atoms with Crippen LogP contribution in [0.5, 0.6) is 5.75 Å². The molecule has 6 heteroatoms. The van der Waals surface area contributed by atoms with E-state index in [-0.39, 0.29) is 24.4 Å². The minimum Gasteiger partial charge on any atom is -0.489 e. The lowest BCUT2D eigenvalue weighted by Gasteiger charge is -2.23. The Morgan fingerprint density at radius 2 is 2.04 bits per heavy atom. The Bertz CT molecular complexity index is 724. The van der Waals surface area contributed by atoms with Gasteiger partial charge in [-0.1, -0.05) is 29.8 Å². The van der Waals surface area contributed by atoms with Gasteiger partial charge in [-0.25, -0.2) is 0 Å². The zero-order valence-corrected chi connectivity index (χ0v) is 15.4. The van der Waals surface area contributed by atoms with Gasteiger partial charge < -0.3 is 15.4 Å². The van der Waals surface area contributed by atoms with Gasteiger partial charge in [0.05, 0.1) is 0 Å². The molecule has 0 bridgehead atoms. The van der Waals surface area contributed by atoms with Crippen LogP contribution in [0.2, 0.25) is 5.02 Å². The third kappa shape index (κ3) is 4.88. The van der Waals surface area contributed by atoms with Gasteiger partial charge in [0.15, 0.2) is 0 Å². The second kappa shape index (κ2) is 9.09. The zero-order chi connectivity index (χ0) is 16.9. The number of carbonyl (C=O) groups is 1. The predicted octanol–water partition coefficient (Wildman–Crippen LogP) is 3.90. The van der Waals surface area contributed by atoms with E-state index in [0.717, 1.165) is 24.9 Å². The number of amides is 1. The number of halogens is 2. The Hall–Kier alpha value is -1.75. The van der Waals surface area contributed by atoms with Gasteiger partial charge in [0.2, 0.25) is 0 Å². The SMILES string of the molecule is Cl.NCC1CCCN1C(=O)c1cccc(OCc2cccc(Cl)c2)c1. The molecule has 0 aromatic heterocycles. The van der Waals surface area contributed by atoms with Crippen LogP contribution >= 0.6 is 24.0 Å². The van der Waals surface area contributed by atoms with E-state index in [1.54, 1.807) is 6.07 Å². The smallest absolute Gasteiger partial charge is 0.254 e. The van der Waals surface area contributed by atoms with Crippen LogP contribution in [0.3, 0.4) is 0 Å². The number of nitrogens with two attached hydrogens (primary N) is 1. The van der Waals surface area contributed by atoms with Crippen molar-refractivity contribution in [3.8, 4) is 5.75 Å². The molecular formula is C19H22Cl2N2O2. The third-order valence-corrected chi connectivity index (χ3v) is 4.52. The number of likely N-dealkylation sites (tertiary alicyclic amines) is 1. The van der Waals surface area contributed by atoms with Gasteiger partial charge in [0.25, 0.3) is 5.91 Å². The summed E-state index contributed by atoms with van der Waals surface area (Å²) in [6.45, 7) is 1.69. The van der Waals surface area contributed by atoms with Crippen LogP contribution in [0.1, 0.15) is 28.8 Å².